The van der Waals surface area contributed by atoms with Crippen molar-refractivity contribution in [1.29, 1.82) is 0 Å². The average molecular weight is 505 g/mol. The van der Waals surface area contributed by atoms with Crippen LogP contribution in [0.2, 0.25) is 0 Å². The lowest BCUT2D eigenvalue weighted by atomic mass is 10.1. The Labute approximate surface area is 211 Å². The number of methoxy groups -OCH3 is 1. The number of hydrogen-bond donors (Lipinski definition) is 2. The molecule has 0 saturated carbocycles. The van der Waals surface area contributed by atoms with Crippen molar-refractivity contribution in [1.82, 2.24) is 9.88 Å². The first-order valence-corrected chi connectivity index (χ1v) is 11.6. The molecule has 4 aromatic rings. The van der Waals surface area contributed by atoms with Crippen LogP contribution in [0.3, 0.4) is 0 Å². The Bertz CT molecular complexity index is 1500. The largest absolute Gasteiger partial charge is 0.507 e. The van der Waals surface area contributed by atoms with Crippen molar-refractivity contribution in [2.24, 2.45) is 0 Å². The molecular formula is C28H25FN2O6. The highest BCUT2D eigenvalue weighted by atomic mass is 19.1. The van der Waals surface area contributed by atoms with Gasteiger partial charge in [0.15, 0.2) is 0 Å². The van der Waals surface area contributed by atoms with Crippen LogP contribution in [0.4, 0.5) is 4.39 Å². The SMILES string of the molecule is COC(=O)c1c(O)cccc1OCCCNC(=O)c1cn(Cc2ccccc2)c2cc(F)ccc2c1=O. The molecule has 0 radical (unpaired) electrons. The molecule has 1 aromatic heterocycles. The van der Waals surface area contributed by atoms with E-state index in [1.807, 2.05) is 30.3 Å². The number of esters is 1. The highest BCUT2D eigenvalue weighted by Gasteiger charge is 2.19. The number of amides is 1. The fourth-order valence-electron chi connectivity index (χ4n) is 3.93. The summed E-state index contributed by atoms with van der Waals surface area (Å²) in [4.78, 5) is 37.8. The third-order valence-corrected chi connectivity index (χ3v) is 5.74. The summed E-state index contributed by atoms with van der Waals surface area (Å²) in [6.45, 7) is 0.662. The van der Waals surface area contributed by atoms with Crippen LogP contribution in [0, 0.1) is 5.82 Å². The lowest BCUT2D eigenvalue weighted by molar-refractivity contribution is 0.0592. The van der Waals surface area contributed by atoms with Crippen LogP contribution in [0.25, 0.3) is 10.9 Å². The third kappa shape index (κ3) is 5.78. The van der Waals surface area contributed by atoms with E-state index in [1.165, 1.54) is 49.7 Å². The van der Waals surface area contributed by atoms with Gasteiger partial charge < -0.3 is 24.5 Å². The van der Waals surface area contributed by atoms with Gasteiger partial charge in [-0.2, -0.15) is 0 Å². The second-order valence-corrected chi connectivity index (χ2v) is 8.25. The average Bonchev–Trinajstić information content (AvgIpc) is 2.90. The number of aromatic hydroxyl groups is 1. The molecule has 190 valence electrons. The minimum Gasteiger partial charge on any atom is -0.507 e. The smallest absolute Gasteiger partial charge is 0.345 e. The van der Waals surface area contributed by atoms with Crippen molar-refractivity contribution < 1.29 is 28.6 Å². The van der Waals surface area contributed by atoms with Crippen LogP contribution < -0.4 is 15.5 Å². The fourth-order valence-corrected chi connectivity index (χ4v) is 3.93. The number of ether oxygens (including phenoxy) is 2. The molecule has 0 unspecified atom stereocenters. The molecular weight excluding hydrogens is 479 g/mol. The third-order valence-electron chi connectivity index (χ3n) is 5.74. The molecule has 0 aliphatic heterocycles. The number of phenolic OH excluding ortho intramolecular Hbond substituents is 1. The molecule has 2 N–H and O–H groups in total. The molecule has 4 rings (SSSR count). The van der Waals surface area contributed by atoms with Gasteiger partial charge in [-0.15, -0.1) is 0 Å². The Morgan fingerprint density at radius 3 is 2.59 bits per heavy atom. The van der Waals surface area contributed by atoms with Crippen LogP contribution in [0.15, 0.2) is 77.7 Å². The van der Waals surface area contributed by atoms with Gasteiger partial charge in [0.05, 0.1) is 19.2 Å². The van der Waals surface area contributed by atoms with Crippen LogP contribution in [0.1, 0.15) is 32.7 Å². The molecule has 0 fully saturated rings. The summed E-state index contributed by atoms with van der Waals surface area (Å²) in [7, 11) is 1.20. The maximum absolute atomic E-state index is 14.0. The zero-order valence-electron chi connectivity index (χ0n) is 20.1. The Morgan fingerprint density at radius 1 is 1.05 bits per heavy atom. The molecule has 0 aliphatic rings. The highest BCUT2D eigenvalue weighted by molar-refractivity contribution is 5.97. The molecule has 8 nitrogen and oxygen atoms in total. The Balaban J connectivity index is 1.46. The molecule has 37 heavy (non-hydrogen) atoms. The van der Waals surface area contributed by atoms with Gasteiger partial charge in [0.25, 0.3) is 5.91 Å². The topological polar surface area (TPSA) is 107 Å². The summed E-state index contributed by atoms with van der Waals surface area (Å²) >= 11 is 0. The van der Waals surface area contributed by atoms with E-state index in [4.69, 9.17) is 4.74 Å². The second kappa shape index (κ2) is 11.4. The Kier molecular flexibility index (Phi) is 7.83. The number of hydrogen-bond acceptors (Lipinski definition) is 6. The van der Waals surface area contributed by atoms with Gasteiger partial charge in [0.2, 0.25) is 5.43 Å². The molecule has 9 heteroatoms. The quantitative estimate of drug-likeness (QED) is 0.265. The molecule has 3 aromatic carbocycles. The van der Waals surface area contributed by atoms with Crippen molar-refractivity contribution in [3.05, 3.63) is 106 Å². The lowest BCUT2D eigenvalue weighted by Crippen LogP contribution is -2.31. The number of nitrogens with zero attached hydrogens (tertiary/aromatic N) is 1. The van der Waals surface area contributed by atoms with E-state index in [9.17, 15) is 23.9 Å². The zero-order valence-corrected chi connectivity index (χ0v) is 20.1. The van der Waals surface area contributed by atoms with Crippen molar-refractivity contribution in [2.45, 2.75) is 13.0 Å². The van der Waals surface area contributed by atoms with Gasteiger partial charge in [-0.1, -0.05) is 36.4 Å². The van der Waals surface area contributed by atoms with Crippen molar-refractivity contribution in [2.75, 3.05) is 20.3 Å². The highest BCUT2D eigenvalue weighted by Crippen LogP contribution is 2.28. The molecule has 0 bridgehead atoms. The summed E-state index contributed by atoms with van der Waals surface area (Å²) in [5.41, 5.74) is 0.692. The van der Waals surface area contributed by atoms with Gasteiger partial charge >= 0.3 is 5.97 Å². The predicted octanol–water partition coefficient (Wildman–Crippen LogP) is 3.88. The van der Waals surface area contributed by atoms with Crippen molar-refractivity contribution >= 4 is 22.8 Å². The normalized spacial score (nSPS) is 10.8. The van der Waals surface area contributed by atoms with Gasteiger partial charge in [-0.25, -0.2) is 9.18 Å². The van der Waals surface area contributed by atoms with Crippen LogP contribution in [-0.2, 0) is 11.3 Å². The first-order valence-electron chi connectivity index (χ1n) is 11.6. The summed E-state index contributed by atoms with van der Waals surface area (Å²) in [6.07, 6.45) is 1.80. The number of pyridine rings is 1. The van der Waals surface area contributed by atoms with Crippen LogP contribution >= 0.6 is 0 Å². The monoisotopic (exact) mass is 504 g/mol. The van der Waals surface area contributed by atoms with Crippen LogP contribution in [-0.4, -0.2) is 41.8 Å². The van der Waals surface area contributed by atoms with Crippen LogP contribution in [0.5, 0.6) is 11.5 Å². The molecule has 1 amide bonds. The number of carbonyl (C=O) groups is 2. The minimum absolute atomic E-state index is 0.0584. The lowest BCUT2D eigenvalue weighted by Gasteiger charge is -2.14. The van der Waals surface area contributed by atoms with E-state index >= 15 is 0 Å². The number of fused-ring (bicyclic) bond motifs is 1. The molecule has 0 saturated heterocycles. The zero-order chi connectivity index (χ0) is 26.4. The van der Waals surface area contributed by atoms with Gasteiger partial charge in [-0.05, 0) is 42.3 Å². The standard InChI is InChI=1S/C28H25FN2O6/c1-36-28(35)25-23(32)9-5-10-24(25)37-14-6-13-30-27(34)21-17-31(16-18-7-3-2-4-8-18)22-15-19(29)11-12-20(22)26(21)33/h2-5,7-12,15,17,32H,6,13-14,16H2,1H3,(H,30,34). The number of phenols is 1. The second-order valence-electron chi connectivity index (χ2n) is 8.25. The van der Waals surface area contributed by atoms with Gasteiger partial charge in [0.1, 0.15) is 28.4 Å². The van der Waals surface area contributed by atoms with E-state index in [0.717, 1.165) is 5.56 Å². The molecule has 0 atom stereocenters. The number of benzene rings is 3. The van der Waals surface area contributed by atoms with E-state index in [2.05, 4.69) is 10.1 Å². The molecule has 0 spiro atoms. The summed E-state index contributed by atoms with van der Waals surface area (Å²) in [6, 6.07) is 17.7. The first-order chi connectivity index (χ1) is 17.9. The fraction of sp³-hybridized carbons (Fsp3) is 0.179. The number of nitrogens with one attached hydrogen (secondary N) is 1. The first kappa shape index (κ1) is 25.4. The van der Waals surface area contributed by atoms with E-state index in [-0.39, 0.29) is 41.2 Å². The Morgan fingerprint density at radius 2 is 1.84 bits per heavy atom. The molecule has 0 aliphatic carbocycles. The number of halogens is 1. The number of rotatable bonds is 9. The van der Waals surface area contributed by atoms with E-state index in [0.29, 0.717) is 18.5 Å². The minimum atomic E-state index is -0.732. The maximum atomic E-state index is 14.0. The van der Waals surface area contributed by atoms with Gasteiger partial charge in [-0.3, -0.25) is 9.59 Å². The van der Waals surface area contributed by atoms with Gasteiger partial charge in [0, 0.05) is 24.7 Å². The van der Waals surface area contributed by atoms with Crippen molar-refractivity contribution in [3.63, 3.8) is 0 Å². The molecule has 1 heterocycles. The maximum Gasteiger partial charge on any atom is 0.345 e. The summed E-state index contributed by atoms with van der Waals surface area (Å²) in [5, 5.41) is 12.9. The van der Waals surface area contributed by atoms with E-state index in [1.54, 1.807) is 4.57 Å². The Hall–Kier alpha value is -4.66. The number of aromatic nitrogens is 1. The predicted molar refractivity (Wildman–Crippen MR) is 136 cm³/mol. The summed E-state index contributed by atoms with van der Waals surface area (Å²) in [5.74, 6) is -1.88. The van der Waals surface area contributed by atoms with E-state index < -0.39 is 23.1 Å². The summed E-state index contributed by atoms with van der Waals surface area (Å²) < 4.78 is 25.9. The number of carbonyl (C=O) groups excluding carboxylic acids is 2. The van der Waals surface area contributed by atoms with Crippen molar-refractivity contribution in [3.8, 4) is 11.5 Å².